The van der Waals surface area contributed by atoms with E-state index in [1.807, 2.05) is 49.6 Å². The third-order valence-electron chi connectivity index (χ3n) is 4.64. The molecule has 2 heterocycles. The van der Waals surface area contributed by atoms with Crippen LogP contribution in [0.5, 0.6) is 17.4 Å². The van der Waals surface area contributed by atoms with Gasteiger partial charge in [-0.15, -0.1) is 0 Å². The topological polar surface area (TPSA) is 59.0 Å². The number of pyridine rings is 1. The van der Waals surface area contributed by atoms with E-state index in [1.54, 1.807) is 7.11 Å². The molecule has 1 aromatic carbocycles. The zero-order chi connectivity index (χ0) is 19.8. The molecular weight excluding hydrogens is 372 g/mol. The van der Waals surface area contributed by atoms with E-state index in [9.17, 15) is 0 Å². The molecule has 7 heteroatoms. The average molecular weight is 401 g/mol. The number of nitrogens with zero attached hydrogens (tertiary/aromatic N) is 3. The molecule has 2 aromatic rings. The Morgan fingerprint density at radius 3 is 2.68 bits per heavy atom. The third kappa shape index (κ3) is 5.55. The van der Waals surface area contributed by atoms with Gasteiger partial charge in [-0.2, -0.15) is 11.8 Å². The minimum absolute atomic E-state index is 0.567. The second-order valence-electron chi connectivity index (χ2n) is 6.53. The van der Waals surface area contributed by atoms with E-state index in [4.69, 9.17) is 9.47 Å². The van der Waals surface area contributed by atoms with Crippen LogP contribution < -0.4 is 14.8 Å². The average Bonchev–Trinajstić information content (AvgIpc) is 2.76. The van der Waals surface area contributed by atoms with E-state index < -0.39 is 0 Å². The standard InChI is InChI=1S/C21H28N4O2S/c1-4-19-15-25(11-12-28-19)21(22-2)24-14-16-5-10-20(23-13-16)27-18-8-6-17(26-3)7-9-18/h5-10,13,19H,4,11-12,14-15H2,1-3H3,(H,22,24). The van der Waals surface area contributed by atoms with Crippen molar-refractivity contribution in [1.82, 2.24) is 15.2 Å². The summed E-state index contributed by atoms with van der Waals surface area (Å²) in [4.78, 5) is 11.2. The largest absolute Gasteiger partial charge is 0.497 e. The summed E-state index contributed by atoms with van der Waals surface area (Å²) in [6.07, 6.45) is 3.03. The second-order valence-corrected chi connectivity index (χ2v) is 7.94. The highest BCUT2D eigenvalue weighted by molar-refractivity contribution is 8.00. The summed E-state index contributed by atoms with van der Waals surface area (Å²) in [5.74, 6) is 4.20. The van der Waals surface area contributed by atoms with Gasteiger partial charge in [0.05, 0.1) is 7.11 Å². The lowest BCUT2D eigenvalue weighted by Crippen LogP contribution is -2.47. The van der Waals surface area contributed by atoms with Gasteiger partial charge in [-0.05, 0) is 36.2 Å². The Morgan fingerprint density at radius 1 is 1.25 bits per heavy atom. The van der Waals surface area contributed by atoms with Crippen LogP contribution in [-0.4, -0.2) is 54.1 Å². The van der Waals surface area contributed by atoms with Crippen LogP contribution in [0.2, 0.25) is 0 Å². The lowest BCUT2D eigenvalue weighted by Gasteiger charge is -2.34. The van der Waals surface area contributed by atoms with Crippen molar-refractivity contribution in [2.45, 2.75) is 25.1 Å². The molecule has 0 saturated carbocycles. The van der Waals surface area contributed by atoms with Crippen LogP contribution in [0.4, 0.5) is 0 Å². The molecule has 3 rings (SSSR count). The number of hydrogen-bond acceptors (Lipinski definition) is 5. The molecule has 0 radical (unpaired) electrons. The fraction of sp³-hybridized carbons (Fsp3) is 0.429. The van der Waals surface area contributed by atoms with Crippen molar-refractivity contribution in [1.29, 1.82) is 0 Å². The van der Waals surface area contributed by atoms with Crippen LogP contribution >= 0.6 is 11.8 Å². The van der Waals surface area contributed by atoms with Crippen molar-refractivity contribution in [3.05, 3.63) is 48.2 Å². The first-order valence-electron chi connectivity index (χ1n) is 9.56. The molecule has 0 aliphatic carbocycles. The number of thioether (sulfide) groups is 1. The van der Waals surface area contributed by atoms with Gasteiger partial charge in [0.1, 0.15) is 11.5 Å². The summed E-state index contributed by atoms with van der Waals surface area (Å²) in [6.45, 7) is 5.02. The number of ether oxygens (including phenoxy) is 2. The zero-order valence-electron chi connectivity index (χ0n) is 16.7. The minimum Gasteiger partial charge on any atom is -0.497 e. The van der Waals surface area contributed by atoms with Crippen LogP contribution in [0.1, 0.15) is 18.9 Å². The van der Waals surface area contributed by atoms with Gasteiger partial charge in [0.25, 0.3) is 0 Å². The number of hydrogen-bond donors (Lipinski definition) is 1. The molecular formula is C21H28N4O2S. The summed E-state index contributed by atoms with van der Waals surface area (Å²) in [7, 11) is 3.49. The molecule has 1 aliphatic rings. The first-order valence-corrected chi connectivity index (χ1v) is 10.6. The predicted molar refractivity (Wildman–Crippen MR) is 116 cm³/mol. The summed E-state index contributed by atoms with van der Waals surface area (Å²) in [5, 5.41) is 4.14. The van der Waals surface area contributed by atoms with Gasteiger partial charge in [-0.3, -0.25) is 4.99 Å². The quantitative estimate of drug-likeness (QED) is 0.588. The van der Waals surface area contributed by atoms with Crippen LogP contribution in [0.25, 0.3) is 0 Å². The van der Waals surface area contributed by atoms with E-state index in [0.717, 1.165) is 41.9 Å². The van der Waals surface area contributed by atoms with Crippen molar-refractivity contribution in [2.24, 2.45) is 4.99 Å². The normalized spacial score (nSPS) is 17.3. The van der Waals surface area contributed by atoms with E-state index in [-0.39, 0.29) is 0 Å². The monoisotopic (exact) mass is 400 g/mol. The van der Waals surface area contributed by atoms with Gasteiger partial charge < -0.3 is 19.7 Å². The highest BCUT2D eigenvalue weighted by Crippen LogP contribution is 2.23. The summed E-state index contributed by atoms with van der Waals surface area (Å²) in [5.41, 5.74) is 1.08. The Balaban J connectivity index is 1.53. The molecule has 1 atom stereocenters. The molecule has 1 unspecified atom stereocenters. The number of aliphatic imine (C=N–C) groups is 1. The maximum atomic E-state index is 5.78. The molecule has 1 aliphatic heterocycles. The third-order valence-corrected chi connectivity index (χ3v) is 6.01. The smallest absolute Gasteiger partial charge is 0.219 e. The van der Waals surface area contributed by atoms with Crippen LogP contribution in [-0.2, 0) is 6.54 Å². The molecule has 28 heavy (non-hydrogen) atoms. The molecule has 1 fully saturated rings. The van der Waals surface area contributed by atoms with Gasteiger partial charge >= 0.3 is 0 Å². The number of guanidine groups is 1. The van der Waals surface area contributed by atoms with Crippen molar-refractivity contribution in [3.8, 4) is 17.4 Å². The van der Waals surface area contributed by atoms with Crippen LogP contribution in [0, 0.1) is 0 Å². The highest BCUT2D eigenvalue weighted by Gasteiger charge is 2.21. The Kier molecular flexibility index (Phi) is 7.42. The summed E-state index contributed by atoms with van der Waals surface area (Å²) < 4.78 is 10.9. The Bertz CT molecular complexity index is 765. The molecule has 1 aromatic heterocycles. The molecule has 0 bridgehead atoms. The van der Waals surface area contributed by atoms with Crippen molar-refractivity contribution in [2.75, 3.05) is 33.0 Å². The Hall–Kier alpha value is -2.41. The maximum Gasteiger partial charge on any atom is 0.219 e. The van der Waals surface area contributed by atoms with Gasteiger partial charge in [-0.25, -0.2) is 4.98 Å². The zero-order valence-corrected chi connectivity index (χ0v) is 17.5. The van der Waals surface area contributed by atoms with Gasteiger partial charge in [0.2, 0.25) is 5.88 Å². The number of benzene rings is 1. The van der Waals surface area contributed by atoms with Crippen molar-refractivity contribution in [3.63, 3.8) is 0 Å². The highest BCUT2D eigenvalue weighted by atomic mass is 32.2. The van der Waals surface area contributed by atoms with Gasteiger partial charge in [0, 0.05) is 49.9 Å². The van der Waals surface area contributed by atoms with Crippen LogP contribution in [0.15, 0.2) is 47.6 Å². The van der Waals surface area contributed by atoms with E-state index in [2.05, 4.69) is 38.9 Å². The van der Waals surface area contributed by atoms with Crippen molar-refractivity contribution >= 4 is 17.7 Å². The number of aromatic nitrogens is 1. The fourth-order valence-electron chi connectivity index (χ4n) is 3.01. The van der Waals surface area contributed by atoms with E-state index >= 15 is 0 Å². The van der Waals surface area contributed by atoms with E-state index in [1.165, 1.54) is 6.42 Å². The molecule has 6 nitrogen and oxygen atoms in total. The molecule has 1 N–H and O–H groups in total. The summed E-state index contributed by atoms with van der Waals surface area (Å²) in [6, 6.07) is 11.4. The fourth-order valence-corrected chi connectivity index (χ4v) is 4.19. The van der Waals surface area contributed by atoms with E-state index in [0.29, 0.717) is 17.7 Å². The first-order chi connectivity index (χ1) is 13.7. The molecule has 0 spiro atoms. The minimum atomic E-state index is 0.567. The number of nitrogens with one attached hydrogen (secondary N) is 1. The number of methoxy groups -OCH3 is 1. The SMILES string of the molecule is CCC1CN(C(=NC)NCc2ccc(Oc3ccc(OC)cc3)nc2)CCS1. The van der Waals surface area contributed by atoms with Gasteiger partial charge in [0.15, 0.2) is 5.96 Å². The second kappa shape index (κ2) is 10.2. The Morgan fingerprint density at radius 2 is 2.04 bits per heavy atom. The predicted octanol–water partition coefficient (Wildman–Crippen LogP) is 3.79. The molecule has 0 amide bonds. The Labute approximate surface area is 171 Å². The number of rotatable bonds is 6. The lowest BCUT2D eigenvalue weighted by atomic mass is 10.3. The molecule has 1 saturated heterocycles. The van der Waals surface area contributed by atoms with Crippen molar-refractivity contribution < 1.29 is 9.47 Å². The van der Waals surface area contributed by atoms with Gasteiger partial charge in [-0.1, -0.05) is 13.0 Å². The van der Waals surface area contributed by atoms with Crippen LogP contribution in [0.3, 0.4) is 0 Å². The maximum absolute atomic E-state index is 5.78. The summed E-state index contributed by atoms with van der Waals surface area (Å²) >= 11 is 2.06. The molecule has 150 valence electrons. The first kappa shape index (κ1) is 20.3. The lowest BCUT2D eigenvalue weighted by molar-refractivity contribution is 0.408.